The predicted molar refractivity (Wildman–Crippen MR) is 71.1 cm³/mol. The Bertz CT molecular complexity index is 464. The summed E-state index contributed by atoms with van der Waals surface area (Å²) in [5.41, 5.74) is 3.30. The Morgan fingerprint density at radius 1 is 1.29 bits per heavy atom. The van der Waals surface area contributed by atoms with Gasteiger partial charge in [-0.15, -0.1) is 0 Å². The zero-order chi connectivity index (χ0) is 13.2. The molecule has 3 heteroatoms. The molecule has 0 saturated heterocycles. The lowest BCUT2D eigenvalue weighted by Gasteiger charge is -2.21. The Kier molecular flexibility index (Phi) is 3.71. The average molecular weight is 233 g/mol. The van der Waals surface area contributed by atoms with E-state index in [-0.39, 0.29) is 16.0 Å². The summed E-state index contributed by atoms with van der Waals surface area (Å²) in [7, 11) is 0. The van der Waals surface area contributed by atoms with E-state index >= 15 is 0 Å². The standard InChI is InChI=1S/C14H19NO2/c1-10(2)8-11-6-7-12(15(16)17)9-13(11)14(3,4)5/h6-9H,1-5H3. The summed E-state index contributed by atoms with van der Waals surface area (Å²) in [6, 6.07) is 5.06. The van der Waals surface area contributed by atoms with Gasteiger partial charge < -0.3 is 0 Å². The molecule has 0 amide bonds. The quantitative estimate of drug-likeness (QED) is 0.564. The van der Waals surface area contributed by atoms with Gasteiger partial charge >= 0.3 is 0 Å². The van der Waals surface area contributed by atoms with E-state index in [1.807, 2.05) is 19.9 Å². The first-order valence-corrected chi connectivity index (χ1v) is 5.65. The fourth-order valence-corrected chi connectivity index (χ4v) is 1.74. The van der Waals surface area contributed by atoms with Crippen molar-refractivity contribution in [2.45, 2.75) is 40.0 Å². The van der Waals surface area contributed by atoms with Crippen LogP contribution in [0.2, 0.25) is 0 Å². The Labute approximate surface area is 102 Å². The third-order valence-electron chi connectivity index (χ3n) is 2.50. The molecule has 1 rings (SSSR count). The number of hydrogen-bond donors (Lipinski definition) is 0. The van der Waals surface area contributed by atoms with E-state index in [2.05, 4.69) is 26.8 Å². The van der Waals surface area contributed by atoms with Crippen LogP contribution in [-0.2, 0) is 5.41 Å². The summed E-state index contributed by atoms with van der Waals surface area (Å²) in [6.07, 6.45) is 2.06. The molecule has 0 aliphatic heterocycles. The van der Waals surface area contributed by atoms with Crippen molar-refractivity contribution >= 4 is 11.8 Å². The van der Waals surface area contributed by atoms with Gasteiger partial charge in [0.15, 0.2) is 0 Å². The molecule has 0 aliphatic rings. The Morgan fingerprint density at radius 3 is 2.29 bits per heavy atom. The number of nitro groups is 1. The maximum atomic E-state index is 10.8. The number of nitrogens with zero attached hydrogens (tertiary/aromatic N) is 1. The molecular formula is C14H19NO2. The fraction of sp³-hybridized carbons (Fsp3) is 0.429. The van der Waals surface area contributed by atoms with Crippen LogP contribution in [-0.4, -0.2) is 4.92 Å². The van der Waals surface area contributed by atoms with Gasteiger partial charge in [-0.2, -0.15) is 0 Å². The van der Waals surface area contributed by atoms with E-state index in [0.29, 0.717) is 0 Å². The van der Waals surface area contributed by atoms with Gasteiger partial charge in [-0.1, -0.05) is 32.4 Å². The van der Waals surface area contributed by atoms with Gasteiger partial charge in [0, 0.05) is 12.1 Å². The van der Waals surface area contributed by atoms with Gasteiger partial charge in [0.05, 0.1) is 4.92 Å². The molecule has 0 aliphatic carbocycles. The normalized spacial score (nSPS) is 11.1. The number of hydrogen-bond acceptors (Lipinski definition) is 2. The van der Waals surface area contributed by atoms with Crippen LogP contribution in [0.5, 0.6) is 0 Å². The van der Waals surface area contributed by atoms with Crippen LogP contribution in [0.15, 0.2) is 23.8 Å². The summed E-state index contributed by atoms with van der Waals surface area (Å²) in [6.45, 7) is 10.2. The van der Waals surface area contributed by atoms with Crippen molar-refractivity contribution in [3.63, 3.8) is 0 Å². The van der Waals surface area contributed by atoms with E-state index in [9.17, 15) is 10.1 Å². The molecule has 0 aromatic heterocycles. The molecule has 92 valence electrons. The van der Waals surface area contributed by atoms with Crippen molar-refractivity contribution in [2.24, 2.45) is 0 Å². The highest BCUT2D eigenvalue weighted by molar-refractivity contribution is 5.60. The van der Waals surface area contributed by atoms with Crippen molar-refractivity contribution in [2.75, 3.05) is 0 Å². The van der Waals surface area contributed by atoms with Crippen LogP contribution in [0.4, 0.5) is 5.69 Å². The van der Waals surface area contributed by atoms with Crippen molar-refractivity contribution in [1.82, 2.24) is 0 Å². The predicted octanol–water partition coefficient (Wildman–Crippen LogP) is 4.32. The first-order valence-electron chi connectivity index (χ1n) is 5.65. The number of allylic oxidation sites excluding steroid dienone is 1. The maximum absolute atomic E-state index is 10.8. The second-order valence-corrected chi connectivity index (χ2v) is 5.50. The van der Waals surface area contributed by atoms with Gasteiger partial charge in [-0.05, 0) is 36.5 Å². The molecule has 0 spiro atoms. The highest BCUT2D eigenvalue weighted by atomic mass is 16.6. The number of rotatable bonds is 2. The van der Waals surface area contributed by atoms with Crippen molar-refractivity contribution in [3.05, 3.63) is 45.0 Å². The third kappa shape index (κ3) is 3.41. The molecule has 1 aromatic rings. The van der Waals surface area contributed by atoms with Crippen LogP contribution in [0, 0.1) is 10.1 Å². The van der Waals surface area contributed by atoms with Gasteiger partial charge in [0.1, 0.15) is 0 Å². The zero-order valence-corrected chi connectivity index (χ0v) is 11.1. The van der Waals surface area contributed by atoms with E-state index < -0.39 is 0 Å². The molecule has 1 aromatic carbocycles. The Morgan fingerprint density at radius 2 is 1.88 bits per heavy atom. The lowest BCUT2D eigenvalue weighted by molar-refractivity contribution is -0.385. The summed E-state index contributed by atoms with van der Waals surface area (Å²) in [5.74, 6) is 0. The molecule has 3 nitrogen and oxygen atoms in total. The lowest BCUT2D eigenvalue weighted by Crippen LogP contribution is -2.13. The summed E-state index contributed by atoms with van der Waals surface area (Å²) < 4.78 is 0. The number of nitro benzene ring substituents is 1. The van der Waals surface area contributed by atoms with Crippen LogP contribution in [0.3, 0.4) is 0 Å². The minimum atomic E-state index is -0.346. The van der Waals surface area contributed by atoms with E-state index in [1.165, 1.54) is 5.57 Å². The molecule has 0 bridgehead atoms. The highest BCUT2D eigenvalue weighted by Gasteiger charge is 2.20. The van der Waals surface area contributed by atoms with Crippen LogP contribution >= 0.6 is 0 Å². The van der Waals surface area contributed by atoms with Crippen molar-refractivity contribution in [3.8, 4) is 0 Å². The van der Waals surface area contributed by atoms with Crippen LogP contribution < -0.4 is 0 Å². The van der Waals surface area contributed by atoms with Gasteiger partial charge in [0.2, 0.25) is 0 Å². The van der Waals surface area contributed by atoms with Crippen LogP contribution in [0.25, 0.3) is 6.08 Å². The maximum Gasteiger partial charge on any atom is 0.269 e. The molecule has 0 fully saturated rings. The average Bonchev–Trinajstić information content (AvgIpc) is 2.15. The third-order valence-corrected chi connectivity index (χ3v) is 2.50. The molecule has 0 unspecified atom stereocenters. The molecule has 0 saturated carbocycles. The van der Waals surface area contributed by atoms with Gasteiger partial charge in [0.25, 0.3) is 5.69 Å². The molecule has 0 heterocycles. The molecule has 17 heavy (non-hydrogen) atoms. The Balaban J connectivity index is 3.42. The first-order chi connectivity index (χ1) is 7.71. The molecule has 0 N–H and O–H groups in total. The molecule has 0 atom stereocenters. The SMILES string of the molecule is CC(C)=Cc1ccc([N+](=O)[O-])cc1C(C)(C)C. The van der Waals surface area contributed by atoms with Gasteiger partial charge in [-0.25, -0.2) is 0 Å². The van der Waals surface area contributed by atoms with Crippen molar-refractivity contribution in [1.29, 1.82) is 0 Å². The second-order valence-electron chi connectivity index (χ2n) is 5.50. The lowest BCUT2D eigenvalue weighted by atomic mass is 9.83. The van der Waals surface area contributed by atoms with Crippen molar-refractivity contribution < 1.29 is 4.92 Å². The highest BCUT2D eigenvalue weighted by Crippen LogP contribution is 2.30. The topological polar surface area (TPSA) is 43.1 Å². The summed E-state index contributed by atoms with van der Waals surface area (Å²) >= 11 is 0. The van der Waals surface area contributed by atoms with E-state index in [4.69, 9.17) is 0 Å². The Hall–Kier alpha value is -1.64. The largest absolute Gasteiger partial charge is 0.269 e. The van der Waals surface area contributed by atoms with Gasteiger partial charge in [-0.3, -0.25) is 10.1 Å². The minimum absolute atomic E-state index is 0.104. The zero-order valence-electron chi connectivity index (χ0n) is 11.1. The van der Waals surface area contributed by atoms with E-state index in [0.717, 1.165) is 11.1 Å². The monoisotopic (exact) mass is 233 g/mol. The van der Waals surface area contributed by atoms with Crippen LogP contribution in [0.1, 0.15) is 45.7 Å². The number of non-ortho nitro benzene ring substituents is 1. The smallest absolute Gasteiger partial charge is 0.258 e. The summed E-state index contributed by atoms with van der Waals surface area (Å²) in [5, 5.41) is 10.8. The second kappa shape index (κ2) is 4.70. The minimum Gasteiger partial charge on any atom is -0.258 e. The fourth-order valence-electron chi connectivity index (χ4n) is 1.74. The molecular weight excluding hydrogens is 214 g/mol. The first kappa shape index (κ1) is 13.4. The van der Waals surface area contributed by atoms with E-state index in [1.54, 1.807) is 12.1 Å². The summed E-state index contributed by atoms with van der Waals surface area (Å²) in [4.78, 5) is 10.5. The molecule has 0 radical (unpaired) electrons. The number of benzene rings is 1.